The van der Waals surface area contributed by atoms with Crippen molar-refractivity contribution in [2.45, 2.75) is 52.2 Å². The summed E-state index contributed by atoms with van der Waals surface area (Å²) < 4.78 is 8.36. The third-order valence-corrected chi connectivity index (χ3v) is 5.71. The molecule has 1 aliphatic heterocycles. The van der Waals surface area contributed by atoms with Crippen molar-refractivity contribution < 1.29 is 9.53 Å². The van der Waals surface area contributed by atoms with Gasteiger partial charge in [-0.25, -0.2) is 9.48 Å². The van der Waals surface area contributed by atoms with E-state index in [1.165, 1.54) is 10.2 Å². The van der Waals surface area contributed by atoms with Crippen LogP contribution < -0.4 is 11.0 Å². The van der Waals surface area contributed by atoms with Gasteiger partial charge in [-0.05, 0) is 45.3 Å². The third-order valence-electron chi connectivity index (χ3n) is 5.71. The molecule has 1 saturated heterocycles. The van der Waals surface area contributed by atoms with E-state index >= 15 is 0 Å². The molecule has 0 bridgehead atoms. The molecular formula is C22H33N5O3. The highest BCUT2D eigenvalue weighted by molar-refractivity contribution is 5.78. The molecular weight excluding hydrogens is 382 g/mol. The average molecular weight is 416 g/mol. The van der Waals surface area contributed by atoms with Crippen molar-refractivity contribution in [3.63, 3.8) is 0 Å². The van der Waals surface area contributed by atoms with E-state index in [1.807, 2.05) is 19.1 Å². The van der Waals surface area contributed by atoms with Crippen molar-refractivity contribution in [3.05, 3.63) is 51.7 Å². The Balaban J connectivity index is 1.50. The van der Waals surface area contributed by atoms with Crippen molar-refractivity contribution in [2.75, 3.05) is 33.4 Å². The van der Waals surface area contributed by atoms with E-state index in [2.05, 4.69) is 34.4 Å². The Bertz CT molecular complexity index is 879. The molecule has 0 atom stereocenters. The summed E-state index contributed by atoms with van der Waals surface area (Å²) in [6.45, 7) is 8.18. The molecule has 1 aromatic heterocycles. The van der Waals surface area contributed by atoms with Gasteiger partial charge in [0.05, 0.1) is 19.7 Å². The van der Waals surface area contributed by atoms with Gasteiger partial charge in [-0.15, -0.1) is 0 Å². The standard InChI is InChI=1S/C22H33N5O3/c1-4-26-21(24-27(22(26)29)13-14-30-3)19-9-11-25(12-10-19)16-20(28)23-15-18-7-5-17(2)6-8-18/h5-8,19H,4,9-16H2,1-3H3,(H,23,28). The largest absolute Gasteiger partial charge is 0.383 e. The molecule has 1 N–H and O–H groups in total. The second-order valence-electron chi connectivity index (χ2n) is 7.91. The van der Waals surface area contributed by atoms with Crippen LogP contribution in [0.25, 0.3) is 0 Å². The molecule has 0 aliphatic carbocycles. The van der Waals surface area contributed by atoms with Crippen LogP contribution in [-0.2, 0) is 29.2 Å². The van der Waals surface area contributed by atoms with Crippen molar-refractivity contribution >= 4 is 5.91 Å². The van der Waals surface area contributed by atoms with Crippen LogP contribution in [0.15, 0.2) is 29.1 Å². The summed E-state index contributed by atoms with van der Waals surface area (Å²) in [5, 5.41) is 7.59. The smallest absolute Gasteiger partial charge is 0.345 e. The van der Waals surface area contributed by atoms with E-state index in [9.17, 15) is 9.59 Å². The van der Waals surface area contributed by atoms with E-state index < -0.39 is 0 Å². The number of nitrogens with zero attached hydrogens (tertiary/aromatic N) is 4. The minimum Gasteiger partial charge on any atom is -0.383 e. The first kappa shape index (κ1) is 22.2. The summed E-state index contributed by atoms with van der Waals surface area (Å²) in [6, 6.07) is 8.19. The Kier molecular flexibility index (Phi) is 7.81. The maximum Gasteiger partial charge on any atom is 0.345 e. The zero-order valence-electron chi connectivity index (χ0n) is 18.3. The lowest BCUT2D eigenvalue weighted by Crippen LogP contribution is -2.41. The number of aromatic nitrogens is 3. The van der Waals surface area contributed by atoms with Crippen LogP contribution in [0.3, 0.4) is 0 Å². The summed E-state index contributed by atoms with van der Waals surface area (Å²) in [4.78, 5) is 27.0. The van der Waals surface area contributed by atoms with Crippen LogP contribution in [0.1, 0.15) is 42.6 Å². The number of amides is 1. The Hall–Kier alpha value is -2.45. The summed E-state index contributed by atoms with van der Waals surface area (Å²) >= 11 is 0. The van der Waals surface area contributed by atoms with Gasteiger partial charge in [0.25, 0.3) is 0 Å². The van der Waals surface area contributed by atoms with Gasteiger partial charge >= 0.3 is 5.69 Å². The zero-order chi connectivity index (χ0) is 21.5. The van der Waals surface area contributed by atoms with Crippen molar-refractivity contribution in [1.29, 1.82) is 0 Å². The van der Waals surface area contributed by atoms with Gasteiger partial charge in [0, 0.05) is 26.1 Å². The lowest BCUT2D eigenvalue weighted by molar-refractivity contribution is -0.122. The maximum atomic E-state index is 12.5. The van der Waals surface area contributed by atoms with Crippen LogP contribution in [0.2, 0.25) is 0 Å². The number of likely N-dealkylation sites (tertiary alicyclic amines) is 1. The van der Waals surface area contributed by atoms with Crippen molar-refractivity contribution in [3.8, 4) is 0 Å². The zero-order valence-corrected chi connectivity index (χ0v) is 18.3. The monoisotopic (exact) mass is 415 g/mol. The van der Waals surface area contributed by atoms with Gasteiger partial charge in [0.1, 0.15) is 5.82 Å². The highest BCUT2D eigenvalue weighted by Crippen LogP contribution is 2.26. The SMILES string of the molecule is CCn1c(C2CCN(CC(=O)NCc3ccc(C)cc3)CC2)nn(CCOC)c1=O. The minimum absolute atomic E-state index is 0.0448. The number of hydrogen-bond acceptors (Lipinski definition) is 5. The van der Waals surface area contributed by atoms with Crippen molar-refractivity contribution in [2.24, 2.45) is 0 Å². The number of hydrogen-bond donors (Lipinski definition) is 1. The Morgan fingerprint density at radius 2 is 1.93 bits per heavy atom. The molecule has 0 unspecified atom stereocenters. The Morgan fingerprint density at radius 1 is 1.23 bits per heavy atom. The van der Waals surface area contributed by atoms with Gasteiger partial charge in [0.2, 0.25) is 5.91 Å². The summed E-state index contributed by atoms with van der Waals surface area (Å²) in [6.07, 6.45) is 1.79. The summed E-state index contributed by atoms with van der Waals surface area (Å²) in [7, 11) is 1.62. The second-order valence-corrected chi connectivity index (χ2v) is 7.91. The quantitative estimate of drug-likeness (QED) is 0.672. The number of rotatable bonds is 9. The predicted octanol–water partition coefficient (Wildman–Crippen LogP) is 1.52. The minimum atomic E-state index is -0.0672. The lowest BCUT2D eigenvalue weighted by Gasteiger charge is -2.30. The van der Waals surface area contributed by atoms with Crippen LogP contribution >= 0.6 is 0 Å². The molecule has 1 aliphatic rings. The average Bonchev–Trinajstić information content (AvgIpc) is 3.07. The van der Waals surface area contributed by atoms with Crippen LogP contribution in [0, 0.1) is 6.92 Å². The van der Waals surface area contributed by atoms with E-state index in [-0.39, 0.29) is 17.5 Å². The molecule has 0 radical (unpaired) electrons. The van der Waals surface area contributed by atoms with Gasteiger partial charge in [-0.3, -0.25) is 14.3 Å². The molecule has 8 nitrogen and oxygen atoms in total. The molecule has 2 aromatic rings. The lowest BCUT2D eigenvalue weighted by atomic mass is 9.96. The molecule has 1 amide bonds. The van der Waals surface area contributed by atoms with Crippen molar-refractivity contribution in [1.82, 2.24) is 24.6 Å². The first-order chi connectivity index (χ1) is 14.5. The van der Waals surface area contributed by atoms with Gasteiger partial charge < -0.3 is 10.1 Å². The number of methoxy groups -OCH3 is 1. The number of aryl methyl sites for hydroxylation is 1. The third kappa shape index (κ3) is 5.58. The van der Waals surface area contributed by atoms with E-state index in [0.717, 1.165) is 37.3 Å². The number of benzene rings is 1. The summed E-state index contributed by atoms with van der Waals surface area (Å²) in [5.74, 6) is 1.15. The number of carbonyl (C=O) groups excluding carboxylic acids is 1. The van der Waals surface area contributed by atoms with E-state index in [4.69, 9.17) is 4.74 Å². The molecule has 8 heteroatoms. The van der Waals surface area contributed by atoms with Gasteiger partial charge in [0.15, 0.2) is 0 Å². The number of piperidine rings is 1. The fourth-order valence-corrected chi connectivity index (χ4v) is 3.90. The molecule has 0 spiro atoms. The summed E-state index contributed by atoms with van der Waals surface area (Å²) in [5.41, 5.74) is 2.25. The second kappa shape index (κ2) is 10.5. The van der Waals surface area contributed by atoms with E-state index in [1.54, 1.807) is 11.7 Å². The first-order valence-corrected chi connectivity index (χ1v) is 10.7. The fraction of sp³-hybridized carbons (Fsp3) is 0.591. The Labute approximate surface area is 177 Å². The van der Waals surface area contributed by atoms with Gasteiger partial charge in [-0.1, -0.05) is 29.8 Å². The van der Waals surface area contributed by atoms with Crippen LogP contribution in [0.5, 0.6) is 0 Å². The normalized spacial score (nSPS) is 15.4. The molecule has 1 aromatic carbocycles. The molecule has 1 fully saturated rings. The topological polar surface area (TPSA) is 81.4 Å². The van der Waals surface area contributed by atoms with Crippen LogP contribution in [-0.4, -0.2) is 58.5 Å². The number of ether oxygens (including phenoxy) is 1. The molecule has 2 heterocycles. The molecule has 30 heavy (non-hydrogen) atoms. The predicted molar refractivity (Wildman–Crippen MR) is 115 cm³/mol. The molecule has 3 rings (SSSR count). The Morgan fingerprint density at radius 3 is 2.57 bits per heavy atom. The molecule has 0 saturated carbocycles. The highest BCUT2D eigenvalue weighted by atomic mass is 16.5. The highest BCUT2D eigenvalue weighted by Gasteiger charge is 2.27. The first-order valence-electron chi connectivity index (χ1n) is 10.7. The maximum absolute atomic E-state index is 12.5. The molecule has 164 valence electrons. The number of nitrogens with one attached hydrogen (secondary N) is 1. The van der Waals surface area contributed by atoms with E-state index in [0.29, 0.717) is 32.8 Å². The van der Waals surface area contributed by atoms with Gasteiger partial charge in [-0.2, -0.15) is 5.10 Å². The fourth-order valence-electron chi connectivity index (χ4n) is 3.90. The van der Waals surface area contributed by atoms with Crippen LogP contribution in [0.4, 0.5) is 0 Å². The number of carbonyl (C=O) groups is 1.